The first-order chi connectivity index (χ1) is 10.1. The monoisotopic (exact) mass is 323 g/mol. The molecule has 0 unspecified atom stereocenters. The Hall–Kier alpha value is -1.29. The van der Waals surface area contributed by atoms with Crippen LogP contribution < -0.4 is 10.2 Å². The number of nitrogens with one attached hydrogen (secondary N) is 1. The number of hydrogen-bond acceptors (Lipinski definition) is 3. The van der Waals surface area contributed by atoms with Crippen LogP contribution in [0.5, 0.6) is 0 Å². The van der Waals surface area contributed by atoms with Gasteiger partial charge in [0.05, 0.1) is 5.02 Å². The van der Waals surface area contributed by atoms with Gasteiger partial charge in [-0.15, -0.1) is 0 Å². The topological polar surface area (TPSA) is 28.2 Å². The standard InChI is InChI=1S/C16H19Cl2N3/c1-3-19-9-13-8-16(20-10-15(13)18)21(2)11-12-6-4-5-7-14(12)17/h4-8,10,19H,3,9,11H2,1-2H3. The lowest BCUT2D eigenvalue weighted by Gasteiger charge is -2.20. The van der Waals surface area contributed by atoms with Gasteiger partial charge in [0.25, 0.3) is 0 Å². The Balaban J connectivity index is 2.15. The number of aromatic nitrogens is 1. The van der Waals surface area contributed by atoms with Gasteiger partial charge in [-0.05, 0) is 29.8 Å². The molecule has 1 heterocycles. The molecule has 0 radical (unpaired) electrons. The van der Waals surface area contributed by atoms with Gasteiger partial charge in [0.15, 0.2) is 0 Å². The zero-order valence-electron chi connectivity index (χ0n) is 12.2. The van der Waals surface area contributed by atoms with Gasteiger partial charge in [0.1, 0.15) is 5.82 Å². The van der Waals surface area contributed by atoms with Crippen molar-refractivity contribution in [3.63, 3.8) is 0 Å². The molecule has 0 aliphatic rings. The molecule has 21 heavy (non-hydrogen) atoms. The number of pyridine rings is 1. The number of anilines is 1. The maximum absolute atomic E-state index is 6.20. The fourth-order valence-corrected chi connectivity index (χ4v) is 2.40. The molecule has 1 N–H and O–H groups in total. The smallest absolute Gasteiger partial charge is 0.128 e. The Morgan fingerprint density at radius 3 is 2.62 bits per heavy atom. The molecule has 0 saturated heterocycles. The summed E-state index contributed by atoms with van der Waals surface area (Å²) in [5.74, 6) is 0.882. The van der Waals surface area contributed by atoms with Crippen molar-refractivity contribution in [2.24, 2.45) is 0 Å². The lowest BCUT2D eigenvalue weighted by atomic mass is 10.2. The van der Waals surface area contributed by atoms with Crippen LogP contribution in [0.2, 0.25) is 10.0 Å². The van der Waals surface area contributed by atoms with Crippen molar-refractivity contribution >= 4 is 29.0 Å². The van der Waals surface area contributed by atoms with Crippen LogP contribution in [-0.2, 0) is 13.1 Å². The van der Waals surface area contributed by atoms with Crippen LogP contribution >= 0.6 is 23.2 Å². The average molecular weight is 324 g/mol. The molecule has 0 bridgehead atoms. The van der Waals surface area contributed by atoms with E-state index in [2.05, 4.69) is 22.1 Å². The molecule has 1 aromatic heterocycles. The largest absolute Gasteiger partial charge is 0.355 e. The van der Waals surface area contributed by atoms with Gasteiger partial charge in [-0.1, -0.05) is 48.3 Å². The second-order valence-corrected chi connectivity index (χ2v) is 5.68. The summed E-state index contributed by atoms with van der Waals surface area (Å²) in [6, 6.07) is 9.86. The van der Waals surface area contributed by atoms with Gasteiger partial charge in [-0.2, -0.15) is 0 Å². The maximum Gasteiger partial charge on any atom is 0.128 e. The molecule has 0 spiro atoms. The van der Waals surface area contributed by atoms with Crippen LogP contribution in [0.3, 0.4) is 0 Å². The first kappa shape index (κ1) is 16.1. The second kappa shape index (κ2) is 7.64. The summed E-state index contributed by atoms with van der Waals surface area (Å²) in [6.07, 6.45) is 1.70. The van der Waals surface area contributed by atoms with E-state index in [9.17, 15) is 0 Å². The number of hydrogen-bond donors (Lipinski definition) is 1. The molecule has 5 heteroatoms. The summed E-state index contributed by atoms with van der Waals surface area (Å²) in [5, 5.41) is 4.73. The molecule has 112 valence electrons. The summed E-state index contributed by atoms with van der Waals surface area (Å²) in [4.78, 5) is 6.46. The maximum atomic E-state index is 6.20. The van der Waals surface area contributed by atoms with Crippen LogP contribution in [0, 0.1) is 0 Å². The molecule has 0 fully saturated rings. The first-order valence-corrected chi connectivity index (χ1v) is 7.67. The van der Waals surface area contributed by atoms with Crippen molar-refractivity contribution in [3.8, 4) is 0 Å². The Kier molecular flexibility index (Phi) is 5.85. The van der Waals surface area contributed by atoms with Gasteiger partial charge >= 0.3 is 0 Å². The highest BCUT2D eigenvalue weighted by Gasteiger charge is 2.09. The summed E-state index contributed by atoms with van der Waals surface area (Å²) in [6.45, 7) is 4.42. The lowest BCUT2D eigenvalue weighted by Crippen LogP contribution is -2.19. The van der Waals surface area contributed by atoms with Crippen LogP contribution in [0.25, 0.3) is 0 Å². The number of nitrogens with zero attached hydrogens (tertiary/aromatic N) is 2. The van der Waals surface area contributed by atoms with E-state index in [1.165, 1.54) is 0 Å². The molecule has 3 nitrogen and oxygen atoms in total. The SMILES string of the molecule is CCNCc1cc(N(C)Cc2ccccc2Cl)ncc1Cl. The average Bonchev–Trinajstić information content (AvgIpc) is 2.48. The Morgan fingerprint density at radius 1 is 1.14 bits per heavy atom. The van der Waals surface area contributed by atoms with E-state index in [0.29, 0.717) is 11.6 Å². The van der Waals surface area contributed by atoms with Crippen LogP contribution in [0.15, 0.2) is 36.5 Å². The third kappa shape index (κ3) is 4.34. The van der Waals surface area contributed by atoms with E-state index in [4.69, 9.17) is 23.2 Å². The van der Waals surface area contributed by atoms with Crippen molar-refractivity contribution in [1.29, 1.82) is 0 Å². The Labute approximate surface area is 135 Å². The van der Waals surface area contributed by atoms with Crippen molar-refractivity contribution in [3.05, 3.63) is 57.7 Å². The normalized spacial score (nSPS) is 10.7. The van der Waals surface area contributed by atoms with Crippen molar-refractivity contribution < 1.29 is 0 Å². The van der Waals surface area contributed by atoms with Gasteiger partial charge < -0.3 is 10.2 Å². The number of halogens is 2. The summed E-state index contributed by atoms with van der Waals surface area (Å²) >= 11 is 12.4. The van der Waals surface area contributed by atoms with Gasteiger partial charge in [-0.3, -0.25) is 0 Å². The zero-order chi connectivity index (χ0) is 15.2. The second-order valence-electron chi connectivity index (χ2n) is 4.86. The Morgan fingerprint density at radius 2 is 1.90 bits per heavy atom. The highest BCUT2D eigenvalue weighted by Crippen LogP contribution is 2.23. The minimum absolute atomic E-state index is 0.686. The summed E-state index contributed by atoms with van der Waals surface area (Å²) in [7, 11) is 2.00. The summed E-state index contributed by atoms with van der Waals surface area (Å²) < 4.78 is 0. The minimum atomic E-state index is 0.686. The fraction of sp³-hybridized carbons (Fsp3) is 0.312. The predicted molar refractivity (Wildman–Crippen MR) is 90.2 cm³/mol. The van der Waals surface area contributed by atoms with Gasteiger partial charge in [-0.25, -0.2) is 4.98 Å². The molecule has 0 aliphatic heterocycles. The van der Waals surface area contributed by atoms with Crippen molar-refractivity contribution in [2.45, 2.75) is 20.0 Å². The molecule has 0 saturated carbocycles. The van der Waals surface area contributed by atoms with Crippen molar-refractivity contribution in [2.75, 3.05) is 18.5 Å². The third-order valence-electron chi connectivity index (χ3n) is 3.24. The van der Waals surface area contributed by atoms with Crippen LogP contribution in [-0.4, -0.2) is 18.6 Å². The third-order valence-corrected chi connectivity index (χ3v) is 3.95. The van der Waals surface area contributed by atoms with E-state index >= 15 is 0 Å². The van der Waals surface area contributed by atoms with E-state index < -0.39 is 0 Å². The molecular formula is C16H19Cl2N3. The first-order valence-electron chi connectivity index (χ1n) is 6.91. The predicted octanol–water partition coefficient (Wildman–Crippen LogP) is 4.13. The molecule has 2 aromatic rings. The van der Waals surface area contributed by atoms with Crippen LogP contribution in [0.1, 0.15) is 18.1 Å². The van der Waals surface area contributed by atoms with Crippen molar-refractivity contribution in [1.82, 2.24) is 10.3 Å². The molecule has 2 rings (SSSR count). The fourth-order valence-electron chi connectivity index (χ4n) is 2.03. The lowest BCUT2D eigenvalue weighted by molar-refractivity contribution is 0.725. The Bertz CT molecular complexity index is 602. The molecule has 0 amide bonds. The molecule has 0 atom stereocenters. The van der Waals surface area contributed by atoms with E-state index in [1.54, 1.807) is 6.20 Å². The number of rotatable bonds is 6. The van der Waals surface area contributed by atoms with Crippen LogP contribution in [0.4, 0.5) is 5.82 Å². The quantitative estimate of drug-likeness (QED) is 0.866. The minimum Gasteiger partial charge on any atom is -0.355 e. The van der Waals surface area contributed by atoms with Gasteiger partial charge in [0, 0.05) is 31.4 Å². The van der Waals surface area contributed by atoms with E-state index in [-0.39, 0.29) is 0 Å². The van der Waals surface area contributed by atoms with E-state index in [0.717, 1.165) is 35.1 Å². The van der Waals surface area contributed by atoms with Gasteiger partial charge in [0.2, 0.25) is 0 Å². The van der Waals surface area contributed by atoms with E-state index in [1.807, 2.05) is 37.4 Å². The molecular weight excluding hydrogens is 305 g/mol. The highest BCUT2D eigenvalue weighted by molar-refractivity contribution is 6.31. The molecule has 0 aliphatic carbocycles. The highest BCUT2D eigenvalue weighted by atomic mass is 35.5. The number of benzene rings is 1. The zero-order valence-corrected chi connectivity index (χ0v) is 13.7. The summed E-state index contributed by atoms with van der Waals surface area (Å²) in [5.41, 5.74) is 2.13. The molecule has 1 aromatic carbocycles.